The molecule has 10 heavy (non-hydrogen) atoms. The van der Waals surface area contributed by atoms with Crippen LogP contribution >= 0.6 is 0 Å². The van der Waals surface area contributed by atoms with Crippen molar-refractivity contribution in [2.75, 3.05) is 6.54 Å². The number of hydrogen-bond donors (Lipinski definition) is 1. The Morgan fingerprint density at radius 3 is 2.50 bits per heavy atom. The molecule has 0 aromatic heterocycles. The SMILES string of the molecule is O=C([O-])[C@@H]1CCCCN1.[Na+]. The van der Waals surface area contributed by atoms with Crippen LogP contribution in [0, 0.1) is 0 Å². The van der Waals surface area contributed by atoms with Crippen molar-refractivity contribution in [1.29, 1.82) is 0 Å². The molecule has 0 aromatic carbocycles. The van der Waals surface area contributed by atoms with E-state index in [1.54, 1.807) is 0 Å². The quantitative estimate of drug-likeness (QED) is 0.387. The molecule has 1 rings (SSSR count). The van der Waals surface area contributed by atoms with Gasteiger partial charge in [0, 0.05) is 6.04 Å². The predicted octanol–water partition coefficient (Wildman–Crippen LogP) is -4.12. The van der Waals surface area contributed by atoms with E-state index < -0.39 is 12.0 Å². The first kappa shape index (κ1) is 10.4. The van der Waals surface area contributed by atoms with E-state index in [1.807, 2.05) is 0 Å². The summed E-state index contributed by atoms with van der Waals surface area (Å²) in [5.41, 5.74) is 0. The molecule has 4 heteroatoms. The minimum atomic E-state index is -0.963. The van der Waals surface area contributed by atoms with Crippen molar-refractivity contribution in [1.82, 2.24) is 5.32 Å². The minimum absolute atomic E-state index is 0. The van der Waals surface area contributed by atoms with Crippen molar-refractivity contribution >= 4 is 5.97 Å². The molecule has 1 fully saturated rings. The van der Waals surface area contributed by atoms with Crippen LogP contribution in [0.5, 0.6) is 0 Å². The van der Waals surface area contributed by atoms with E-state index in [4.69, 9.17) is 0 Å². The van der Waals surface area contributed by atoms with Gasteiger partial charge in [-0.15, -0.1) is 0 Å². The molecular weight excluding hydrogens is 141 g/mol. The van der Waals surface area contributed by atoms with Gasteiger partial charge in [-0.2, -0.15) is 0 Å². The molecule has 1 atom stereocenters. The van der Waals surface area contributed by atoms with Gasteiger partial charge in [0.1, 0.15) is 0 Å². The van der Waals surface area contributed by atoms with Crippen LogP contribution in [-0.4, -0.2) is 18.6 Å². The molecule has 0 aromatic rings. The normalized spacial score (nSPS) is 25.0. The minimum Gasteiger partial charge on any atom is -0.548 e. The zero-order valence-corrected chi connectivity index (χ0v) is 8.22. The van der Waals surface area contributed by atoms with Gasteiger partial charge in [0.15, 0.2) is 0 Å². The first-order valence-corrected chi connectivity index (χ1v) is 3.25. The Balaban J connectivity index is 0.000000810. The number of carbonyl (C=O) groups is 1. The largest absolute Gasteiger partial charge is 1.00 e. The van der Waals surface area contributed by atoms with Gasteiger partial charge in [0.2, 0.25) is 0 Å². The number of aliphatic carboxylic acids is 1. The maximum absolute atomic E-state index is 10.2. The van der Waals surface area contributed by atoms with E-state index in [2.05, 4.69) is 5.32 Å². The van der Waals surface area contributed by atoms with Crippen LogP contribution in [-0.2, 0) is 4.79 Å². The van der Waals surface area contributed by atoms with Gasteiger partial charge in [0.25, 0.3) is 0 Å². The van der Waals surface area contributed by atoms with Gasteiger partial charge >= 0.3 is 29.6 Å². The van der Waals surface area contributed by atoms with E-state index in [0.717, 1.165) is 25.8 Å². The molecule has 1 N–H and O–H groups in total. The smallest absolute Gasteiger partial charge is 0.548 e. The number of rotatable bonds is 1. The summed E-state index contributed by atoms with van der Waals surface area (Å²) >= 11 is 0. The molecule has 1 aliphatic rings. The van der Waals surface area contributed by atoms with Gasteiger partial charge in [-0.05, 0) is 19.4 Å². The van der Waals surface area contributed by atoms with E-state index in [-0.39, 0.29) is 29.6 Å². The van der Waals surface area contributed by atoms with Gasteiger partial charge < -0.3 is 15.2 Å². The summed E-state index contributed by atoms with van der Waals surface area (Å²) in [6.07, 6.45) is 2.82. The number of hydrogen-bond acceptors (Lipinski definition) is 3. The third kappa shape index (κ3) is 3.01. The summed E-state index contributed by atoms with van der Waals surface area (Å²) in [5, 5.41) is 13.0. The number of carboxylic acid groups (broad SMARTS) is 1. The fraction of sp³-hybridized carbons (Fsp3) is 0.833. The van der Waals surface area contributed by atoms with Crippen LogP contribution in [0.4, 0.5) is 0 Å². The molecule has 0 amide bonds. The standard InChI is InChI=1S/C6H11NO2.Na/c8-6(9)5-3-1-2-4-7-5;/h5,7H,1-4H2,(H,8,9);/q;+1/p-1/t5-;/m0./s1. The fourth-order valence-electron chi connectivity index (χ4n) is 1.05. The van der Waals surface area contributed by atoms with Crippen LogP contribution < -0.4 is 40.0 Å². The summed E-state index contributed by atoms with van der Waals surface area (Å²) in [7, 11) is 0. The van der Waals surface area contributed by atoms with Crippen molar-refractivity contribution in [2.24, 2.45) is 0 Å². The van der Waals surface area contributed by atoms with Crippen LogP contribution in [0.15, 0.2) is 0 Å². The predicted molar refractivity (Wildman–Crippen MR) is 30.6 cm³/mol. The number of piperidine rings is 1. The summed E-state index contributed by atoms with van der Waals surface area (Å²) < 4.78 is 0. The third-order valence-electron chi connectivity index (χ3n) is 1.59. The molecule has 0 spiro atoms. The van der Waals surface area contributed by atoms with Crippen LogP contribution in [0.3, 0.4) is 0 Å². The molecule has 1 heterocycles. The van der Waals surface area contributed by atoms with Crippen molar-refractivity contribution < 1.29 is 39.5 Å². The second-order valence-electron chi connectivity index (χ2n) is 2.32. The van der Waals surface area contributed by atoms with Crippen LogP contribution in [0.25, 0.3) is 0 Å². The molecular formula is C6H10NNaO2. The molecule has 3 nitrogen and oxygen atoms in total. The topological polar surface area (TPSA) is 52.2 Å². The molecule has 0 bridgehead atoms. The summed E-state index contributed by atoms with van der Waals surface area (Å²) in [5.74, 6) is -0.963. The molecule has 0 radical (unpaired) electrons. The van der Waals surface area contributed by atoms with Crippen molar-refractivity contribution in [2.45, 2.75) is 25.3 Å². The maximum atomic E-state index is 10.2. The Bertz CT molecular complexity index is 112. The molecule has 52 valence electrons. The molecule has 0 aliphatic carbocycles. The number of carbonyl (C=O) groups excluding carboxylic acids is 1. The molecule has 0 saturated carbocycles. The Kier molecular flexibility index (Phi) is 5.35. The first-order valence-electron chi connectivity index (χ1n) is 3.25. The first-order chi connectivity index (χ1) is 4.30. The maximum Gasteiger partial charge on any atom is 1.00 e. The summed E-state index contributed by atoms with van der Waals surface area (Å²) in [6, 6.07) is -0.390. The average molecular weight is 151 g/mol. The zero-order chi connectivity index (χ0) is 6.69. The van der Waals surface area contributed by atoms with E-state index >= 15 is 0 Å². The second-order valence-corrected chi connectivity index (χ2v) is 2.32. The fourth-order valence-corrected chi connectivity index (χ4v) is 1.05. The summed E-state index contributed by atoms with van der Waals surface area (Å²) in [6.45, 7) is 0.818. The van der Waals surface area contributed by atoms with Gasteiger partial charge in [0.05, 0.1) is 5.97 Å². The van der Waals surface area contributed by atoms with E-state index in [0.29, 0.717) is 0 Å². The number of carboxylic acids is 1. The van der Waals surface area contributed by atoms with Gasteiger partial charge in [-0.1, -0.05) is 6.42 Å². The van der Waals surface area contributed by atoms with Gasteiger partial charge in [-0.25, -0.2) is 0 Å². The van der Waals surface area contributed by atoms with Crippen LogP contribution in [0.1, 0.15) is 19.3 Å². The third-order valence-corrected chi connectivity index (χ3v) is 1.59. The van der Waals surface area contributed by atoms with E-state index in [1.165, 1.54) is 0 Å². The average Bonchev–Trinajstić information content (AvgIpc) is 1.90. The van der Waals surface area contributed by atoms with Crippen molar-refractivity contribution in [3.8, 4) is 0 Å². The summed E-state index contributed by atoms with van der Waals surface area (Å²) in [4.78, 5) is 10.2. The van der Waals surface area contributed by atoms with Crippen molar-refractivity contribution in [3.63, 3.8) is 0 Å². The monoisotopic (exact) mass is 151 g/mol. The molecule has 1 saturated heterocycles. The van der Waals surface area contributed by atoms with Gasteiger partial charge in [-0.3, -0.25) is 0 Å². The Hall–Kier alpha value is 0.430. The number of nitrogens with one attached hydrogen (secondary N) is 1. The Labute approximate surface area is 82.5 Å². The Morgan fingerprint density at radius 2 is 2.20 bits per heavy atom. The molecule has 1 aliphatic heterocycles. The molecule has 0 unspecified atom stereocenters. The second kappa shape index (κ2) is 5.13. The Morgan fingerprint density at radius 1 is 1.50 bits per heavy atom. The van der Waals surface area contributed by atoms with Crippen molar-refractivity contribution in [3.05, 3.63) is 0 Å². The zero-order valence-electron chi connectivity index (χ0n) is 6.22. The van der Waals surface area contributed by atoms with E-state index in [9.17, 15) is 9.90 Å². The van der Waals surface area contributed by atoms with Crippen LogP contribution in [0.2, 0.25) is 0 Å².